The van der Waals surface area contributed by atoms with Gasteiger partial charge >= 0.3 is 11.9 Å². The average molecular weight is 1130 g/mol. The molecular weight excluding hydrogens is 1050 g/mol. The third-order valence-electron chi connectivity index (χ3n) is 17.9. The highest BCUT2D eigenvalue weighted by atomic mass is 16.5. The molecule has 0 spiro atoms. The number of unbranched alkanes of at least 4 members (excludes halogenated alkanes) is 3. The van der Waals surface area contributed by atoms with Gasteiger partial charge in [-0.2, -0.15) is 0 Å². The lowest BCUT2D eigenvalue weighted by molar-refractivity contribution is 0.0730. The van der Waals surface area contributed by atoms with Gasteiger partial charge in [-0.05, 0) is 149 Å². The van der Waals surface area contributed by atoms with E-state index in [-0.39, 0.29) is 5.41 Å². The number of rotatable bonds is 16. The number of carbonyl (C=O) groups excluding carboxylic acids is 2. The molecule has 4 aliphatic rings. The van der Waals surface area contributed by atoms with E-state index in [4.69, 9.17) is 18.9 Å². The van der Waals surface area contributed by atoms with Gasteiger partial charge in [0, 0.05) is 96.9 Å². The summed E-state index contributed by atoms with van der Waals surface area (Å²) < 4.78 is 25.6. The Kier molecular flexibility index (Phi) is 15.1. The van der Waals surface area contributed by atoms with Crippen LogP contribution >= 0.6 is 0 Å². The monoisotopic (exact) mass is 1120 g/mol. The fourth-order valence-electron chi connectivity index (χ4n) is 13.3. The van der Waals surface area contributed by atoms with E-state index in [0.717, 1.165) is 116 Å². The van der Waals surface area contributed by atoms with Crippen molar-refractivity contribution in [2.75, 3.05) is 79.1 Å². The maximum atomic E-state index is 13.3. The molecule has 3 heterocycles. The second-order valence-corrected chi connectivity index (χ2v) is 23.4. The first kappa shape index (κ1) is 54.9. The summed E-state index contributed by atoms with van der Waals surface area (Å²) in [5.74, 6) is 1.51. The zero-order valence-electron chi connectivity index (χ0n) is 49.1. The molecule has 1 atom stereocenters. The number of para-hydroxylation sites is 1. The predicted octanol–water partition coefficient (Wildman–Crippen LogP) is 15.7. The molecule has 0 bridgehead atoms. The van der Waals surface area contributed by atoms with Crippen LogP contribution in [0.3, 0.4) is 0 Å². The van der Waals surface area contributed by atoms with Crippen molar-refractivity contribution < 1.29 is 28.5 Å². The molecule has 428 valence electrons. The summed E-state index contributed by atoms with van der Waals surface area (Å²) in [6, 6.07) is 65.7. The summed E-state index contributed by atoms with van der Waals surface area (Å²) in [5.41, 5.74) is 13.7. The van der Waals surface area contributed by atoms with Gasteiger partial charge in [0.05, 0.1) is 23.9 Å². The van der Waals surface area contributed by atoms with Crippen molar-refractivity contribution in [3.63, 3.8) is 0 Å². The summed E-state index contributed by atoms with van der Waals surface area (Å²) in [6.45, 7) is 13.8. The third kappa shape index (κ3) is 10.6. The van der Waals surface area contributed by atoms with Crippen LogP contribution < -0.4 is 38.5 Å². The molecule has 0 N–H and O–H groups in total. The van der Waals surface area contributed by atoms with Crippen molar-refractivity contribution >= 4 is 51.5 Å². The largest absolute Gasteiger partial charge is 0.495 e. The normalized spacial score (nSPS) is 16.8. The lowest BCUT2D eigenvalue weighted by Gasteiger charge is -2.40. The van der Waals surface area contributed by atoms with Crippen molar-refractivity contribution in [3.8, 4) is 34.1 Å². The first-order valence-electron chi connectivity index (χ1n) is 30.2. The highest BCUT2D eigenvalue weighted by Gasteiger charge is 2.45. The molecule has 9 aromatic rings. The smallest absolute Gasteiger partial charge is 0.343 e. The van der Waals surface area contributed by atoms with E-state index in [1.165, 1.54) is 58.5 Å². The minimum atomic E-state index is -0.912. The molecule has 3 aliphatic heterocycles. The van der Waals surface area contributed by atoms with E-state index in [2.05, 4.69) is 174 Å². The van der Waals surface area contributed by atoms with Gasteiger partial charge in [-0.3, -0.25) is 0 Å². The van der Waals surface area contributed by atoms with E-state index in [0.29, 0.717) is 22.6 Å². The van der Waals surface area contributed by atoms with Gasteiger partial charge in [-0.25, -0.2) is 9.59 Å². The zero-order chi connectivity index (χ0) is 58.1. The Morgan fingerprint density at radius 1 is 0.529 bits per heavy atom. The lowest BCUT2D eigenvalue weighted by atomic mass is 9.76. The van der Waals surface area contributed by atoms with E-state index < -0.39 is 17.5 Å². The topological polar surface area (TPSA) is 84.0 Å². The number of fused-ring (bicyclic) bond motifs is 8. The van der Waals surface area contributed by atoms with Crippen LogP contribution in [-0.4, -0.2) is 71.4 Å². The Morgan fingerprint density at radius 3 is 1.65 bits per heavy atom. The lowest BCUT2D eigenvalue weighted by Crippen LogP contribution is -2.46. The molecule has 1 aliphatic carbocycles. The van der Waals surface area contributed by atoms with Crippen molar-refractivity contribution in [1.82, 2.24) is 0 Å². The molecule has 1 unspecified atom stereocenters. The van der Waals surface area contributed by atoms with Crippen LogP contribution in [0, 0.1) is 0 Å². The van der Waals surface area contributed by atoms with E-state index in [1.54, 1.807) is 31.4 Å². The van der Waals surface area contributed by atoms with Gasteiger partial charge in [0.1, 0.15) is 23.0 Å². The van der Waals surface area contributed by atoms with Gasteiger partial charge in [0.25, 0.3) is 0 Å². The van der Waals surface area contributed by atoms with Gasteiger partial charge in [-0.1, -0.05) is 143 Å². The number of esters is 2. The Bertz CT molecular complexity index is 3910. The van der Waals surface area contributed by atoms with Crippen LogP contribution in [0.4, 0.5) is 22.7 Å². The number of anilines is 4. The standard InChI is InChI=1S/C75H72N4O6/c1-5-6-7-10-17-52-24-26-53(27-25-52)72(80)83-60-36-28-54(29-37-60)73(81)84-61-38-34-59(35-39-61)78-46-48-79(49-47-78)67-50-64-65(51-68(67)82-4)71-63(70-69(64)62-22-15-16-23-66(62)74(70,2)3)40-41-75(85-71,55-18-11-8-12-19-55)56-30-32-58(33-31-56)77-44-42-76(43-45-77)57-20-13-9-14-21-57/h8-9,11-16,18-41,50-51H,5-7,10,17,42-49H2,1-4H3. The molecule has 2 saturated heterocycles. The van der Waals surface area contributed by atoms with Crippen LogP contribution in [0.15, 0.2) is 200 Å². The van der Waals surface area contributed by atoms with Crippen LogP contribution in [0.5, 0.6) is 23.0 Å². The molecule has 9 aromatic carbocycles. The number of piperazine rings is 2. The second-order valence-electron chi connectivity index (χ2n) is 23.4. The molecule has 0 aromatic heterocycles. The van der Waals surface area contributed by atoms with Gasteiger partial charge in [0.2, 0.25) is 0 Å². The quantitative estimate of drug-likeness (QED) is 0.0530. The Labute approximate surface area is 499 Å². The average Bonchev–Trinajstić information content (AvgIpc) is 1.73. The molecule has 0 amide bonds. The fraction of sp³-hybridized carbons (Fsp3) is 0.253. The van der Waals surface area contributed by atoms with Crippen molar-refractivity contribution in [1.29, 1.82) is 0 Å². The summed E-state index contributed by atoms with van der Waals surface area (Å²) in [7, 11) is 1.77. The van der Waals surface area contributed by atoms with Crippen molar-refractivity contribution in [2.24, 2.45) is 0 Å². The van der Waals surface area contributed by atoms with Crippen molar-refractivity contribution in [3.05, 3.63) is 245 Å². The first-order chi connectivity index (χ1) is 41.6. The number of methoxy groups -OCH3 is 1. The van der Waals surface area contributed by atoms with E-state index in [1.807, 2.05) is 48.5 Å². The van der Waals surface area contributed by atoms with Crippen LogP contribution in [0.25, 0.3) is 28.0 Å². The number of nitrogens with zero attached hydrogens (tertiary/aromatic N) is 4. The summed E-state index contributed by atoms with van der Waals surface area (Å²) in [5, 5.41) is 2.16. The molecular formula is C75H72N4O6. The molecule has 2 fully saturated rings. The van der Waals surface area contributed by atoms with Crippen LogP contribution in [0.2, 0.25) is 0 Å². The second kappa shape index (κ2) is 23.4. The number of carbonyl (C=O) groups is 2. The van der Waals surface area contributed by atoms with Gasteiger partial charge in [0.15, 0.2) is 5.60 Å². The SMILES string of the molecule is CCCCCCc1ccc(C(=O)Oc2ccc(C(=O)Oc3ccc(N4CCN(c5cc6c7c(c8c(c6cc5OC)OC(c5ccccc5)(c5ccc(N6CCN(c9ccccc9)CC6)cc5)C=C8)C(C)(C)c5ccccc5-7)CC4)cc3)cc2)cc1. The fourth-order valence-corrected chi connectivity index (χ4v) is 13.3. The van der Waals surface area contributed by atoms with Crippen molar-refractivity contribution in [2.45, 2.75) is 63.9 Å². The van der Waals surface area contributed by atoms with Gasteiger partial charge < -0.3 is 38.5 Å². The first-order valence-corrected chi connectivity index (χ1v) is 30.2. The number of hydrogen-bond donors (Lipinski definition) is 0. The molecule has 10 heteroatoms. The summed E-state index contributed by atoms with van der Waals surface area (Å²) >= 11 is 0. The molecule has 13 rings (SSSR count). The summed E-state index contributed by atoms with van der Waals surface area (Å²) in [6.07, 6.45) is 10.4. The maximum absolute atomic E-state index is 13.3. The Morgan fingerprint density at radius 2 is 1.05 bits per heavy atom. The molecule has 0 saturated carbocycles. The summed E-state index contributed by atoms with van der Waals surface area (Å²) in [4.78, 5) is 36.0. The van der Waals surface area contributed by atoms with Gasteiger partial charge in [-0.15, -0.1) is 0 Å². The molecule has 10 nitrogen and oxygen atoms in total. The van der Waals surface area contributed by atoms with Crippen LogP contribution in [-0.2, 0) is 17.4 Å². The zero-order valence-corrected chi connectivity index (χ0v) is 49.1. The highest BCUT2D eigenvalue weighted by molar-refractivity contribution is 6.10. The molecule has 85 heavy (non-hydrogen) atoms. The minimum absolute atomic E-state index is 0.304. The Hall–Kier alpha value is -9.28. The van der Waals surface area contributed by atoms with Crippen LogP contribution in [0.1, 0.15) is 101 Å². The number of ether oxygens (including phenoxy) is 4. The van der Waals surface area contributed by atoms with E-state index in [9.17, 15) is 9.59 Å². The number of hydrogen-bond acceptors (Lipinski definition) is 10. The molecule has 0 radical (unpaired) electrons. The number of aryl methyl sites for hydroxylation is 1. The number of benzene rings is 9. The highest BCUT2D eigenvalue weighted by Crippen LogP contribution is 2.59. The predicted molar refractivity (Wildman–Crippen MR) is 344 cm³/mol. The van der Waals surface area contributed by atoms with E-state index >= 15 is 0 Å². The maximum Gasteiger partial charge on any atom is 0.343 e. The minimum Gasteiger partial charge on any atom is -0.495 e. The Balaban J connectivity index is 0.726. The third-order valence-corrected chi connectivity index (χ3v) is 17.9.